The van der Waals surface area contributed by atoms with Gasteiger partial charge in [0.05, 0.1) is 36.2 Å². The van der Waals surface area contributed by atoms with Crippen LogP contribution in [0.5, 0.6) is 5.75 Å². The molecule has 0 spiro atoms. The Bertz CT molecular complexity index is 852. The Labute approximate surface area is 171 Å². The highest BCUT2D eigenvalue weighted by Crippen LogP contribution is 2.37. The first-order valence-corrected chi connectivity index (χ1v) is 12.2. The number of carbonyl (C=O) groups excluding carboxylic acids is 1. The summed E-state index contributed by atoms with van der Waals surface area (Å²) in [4.78, 5) is 17.0. The van der Waals surface area contributed by atoms with Crippen LogP contribution in [-0.2, 0) is 14.6 Å². The molecule has 4 rings (SSSR count). The molecule has 1 amide bonds. The number of hydrogen-bond acceptors (Lipinski definition) is 5. The van der Waals surface area contributed by atoms with Crippen LogP contribution in [0, 0.1) is 0 Å². The van der Waals surface area contributed by atoms with E-state index in [4.69, 9.17) is 16.3 Å². The van der Waals surface area contributed by atoms with Gasteiger partial charge in [0.2, 0.25) is 5.91 Å². The van der Waals surface area contributed by atoms with Crippen molar-refractivity contribution in [2.75, 3.05) is 30.1 Å². The Hall–Kier alpha value is -1.31. The molecule has 2 atom stereocenters. The van der Waals surface area contributed by atoms with Crippen molar-refractivity contribution in [3.05, 3.63) is 23.2 Å². The van der Waals surface area contributed by atoms with Gasteiger partial charge in [-0.1, -0.05) is 37.3 Å². The number of anilines is 1. The SMILES string of the molecule is COc1ccc(N2C(=O)CN(C3CCCCCC3)[C@@H]3CS(=O)(=O)C[C@H]32)cc1Cl. The molecule has 1 saturated carbocycles. The van der Waals surface area contributed by atoms with Crippen LogP contribution in [0.25, 0.3) is 0 Å². The maximum Gasteiger partial charge on any atom is 0.241 e. The lowest BCUT2D eigenvalue weighted by atomic mass is 9.97. The van der Waals surface area contributed by atoms with Crippen LogP contribution >= 0.6 is 11.6 Å². The standard InChI is InChI=1S/C20H27ClN2O4S/c1-27-19-9-8-15(10-16(19)21)23-18-13-28(25,26)12-17(18)22(11-20(23)24)14-6-4-2-3-5-7-14/h8-10,14,17-18H,2-7,11-13H2,1H3/t17-,18-/m1/s1. The van der Waals surface area contributed by atoms with Gasteiger partial charge in [-0.05, 0) is 31.0 Å². The number of sulfone groups is 1. The molecule has 3 fully saturated rings. The fourth-order valence-corrected chi connectivity index (χ4v) is 7.25. The lowest BCUT2D eigenvalue weighted by molar-refractivity contribution is -0.124. The van der Waals surface area contributed by atoms with Crippen molar-refractivity contribution in [2.24, 2.45) is 0 Å². The molecule has 28 heavy (non-hydrogen) atoms. The van der Waals surface area contributed by atoms with Gasteiger partial charge in [0.15, 0.2) is 9.84 Å². The minimum absolute atomic E-state index is 0.0102. The Morgan fingerprint density at radius 1 is 1.07 bits per heavy atom. The molecule has 0 unspecified atom stereocenters. The van der Waals surface area contributed by atoms with Crippen molar-refractivity contribution >= 4 is 33.0 Å². The van der Waals surface area contributed by atoms with Crippen LogP contribution in [0.4, 0.5) is 5.69 Å². The molecule has 0 radical (unpaired) electrons. The van der Waals surface area contributed by atoms with Gasteiger partial charge >= 0.3 is 0 Å². The zero-order chi connectivity index (χ0) is 19.9. The lowest BCUT2D eigenvalue weighted by Gasteiger charge is -2.46. The van der Waals surface area contributed by atoms with Crippen LogP contribution in [0.15, 0.2) is 18.2 Å². The molecule has 1 aliphatic carbocycles. The van der Waals surface area contributed by atoms with Crippen LogP contribution < -0.4 is 9.64 Å². The molecule has 0 bridgehead atoms. The normalized spacial score (nSPS) is 28.8. The molecule has 3 aliphatic rings. The summed E-state index contributed by atoms with van der Waals surface area (Å²) < 4.78 is 30.3. The minimum atomic E-state index is -3.19. The summed E-state index contributed by atoms with van der Waals surface area (Å²) in [7, 11) is -1.65. The zero-order valence-electron chi connectivity index (χ0n) is 16.1. The number of benzene rings is 1. The first-order chi connectivity index (χ1) is 13.4. The minimum Gasteiger partial charge on any atom is -0.495 e. The van der Waals surface area contributed by atoms with E-state index in [1.54, 1.807) is 23.1 Å². The second-order valence-corrected chi connectivity index (χ2v) is 10.7. The van der Waals surface area contributed by atoms with E-state index in [2.05, 4.69) is 4.90 Å². The lowest BCUT2D eigenvalue weighted by Crippen LogP contribution is -2.64. The van der Waals surface area contributed by atoms with Crippen LogP contribution in [0.3, 0.4) is 0 Å². The molecular formula is C20H27ClN2O4S. The van der Waals surface area contributed by atoms with Crippen LogP contribution in [0.2, 0.25) is 5.02 Å². The number of ether oxygens (including phenoxy) is 1. The van der Waals surface area contributed by atoms with Gasteiger partial charge < -0.3 is 9.64 Å². The number of hydrogen-bond donors (Lipinski definition) is 0. The number of methoxy groups -OCH3 is 1. The monoisotopic (exact) mass is 426 g/mol. The number of amides is 1. The topological polar surface area (TPSA) is 66.9 Å². The first-order valence-electron chi connectivity index (χ1n) is 10.0. The number of fused-ring (bicyclic) bond motifs is 1. The van der Waals surface area contributed by atoms with Crippen LogP contribution in [-0.4, -0.2) is 62.5 Å². The van der Waals surface area contributed by atoms with E-state index in [0.29, 0.717) is 22.5 Å². The molecule has 154 valence electrons. The largest absolute Gasteiger partial charge is 0.495 e. The summed E-state index contributed by atoms with van der Waals surface area (Å²) in [6.07, 6.45) is 6.84. The third-order valence-corrected chi connectivity index (χ3v) is 8.34. The fraction of sp³-hybridized carbons (Fsp3) is 0.650. The maximum atomic E-state index is 13.2. The predicted molar refractivity (Wildman–Crippen MR) is 110 cm³/mol. The molecule has 0 aromatic heterocycles. The van der Waals surface area contributed by atoms with Crippen LogP contribution in [0.1, 0.15) is 38.5 Å². The first kappa shape index (κ1) is 20.0. The van der Waals surface area contributed by atoms with Gasteiger partial charge in [-0.3, -0.25) is 9.69 Å². The van der Waals surface area contributed by atoms with Gasteiger partial charge in [-0.15, -0.1) is 0 Å². The van der Waals surface area contributed by atoms with Crippen molar-refractivity contribution in [1.82, 2.24) is 4.90 Å². The molecule has 1 aromatic rings. The molecule has 0 N–H and O–H groups in total. The summed E-state index contributed by atoms with van der Waals surface area (Å²) in [6, 6.07) is 4.99. The molecule has 6 nitrogen and oxygen atoms in total. The predicted octanol–water partition coefficient (Wildman–Crippen LogP) is 2.89. The van der Waals surface area contributed by atoms with E-state index < -0.39 is 9.84 Å². The molecule has 1 aromatic carbocycles. The third kappa shape index (κ3) is 3.76. The van der Waals surface area contributed by atoms with E-state index in [1.807, 2.05) is 0 Å². The third-order valence-electron chi connectivity index (χ3n) is 6.34. The zero-order valence-corrected chi connectivity index (χ0v) is 17.7. The highest BCUT2D eigenvalue weighted by atomic mass is 35.5. The average Bonchev–Trinajstić information content (AvgIpc) is 2.82. The highest BCUT2D eigenvalue weighted by Gasteiger charge is 2.51. The number of rotatable bonds is 3. The van der Waals surface area contributed by atoms with E-state index >= 15 is 0 Å². The number of halogens is 1. The summed E-state index contributed by atoms with van der Waals surface area (Å²) in [5.74, 6) is 0.618. The van der Waals surface area contributed by atoms with Gasteiger partial charge in [0.1, 0.15) is 5.75 Å². The summed E-state index contributed by atoms with van der Waals surface area (Å²) in [6.45, 7) is 0.269. The van der Waals surface area contributed by atoms with E-state index in [-0.39, 0.29) is 36.0 Å². The number of nitrogens with zero attached hydrogens (tertiary/aromatic N) is 2. The van der Waals surface area contributed by atoms with Gasteiger partial charge in [0, 0.05) is 17.8 Å². The summed E-state index contributed by atoms with van der Waals surface area (Å²) in [5, 5.41) is 0.413. The smallest absolute Gasteiger partial charge is 0.241 e. The summed E-state index contributed by atoms with van der Waals surface area (Å²) in [5.41, 5.74) is 0.642. The van der Waals surface area contributed by atoms with Crippen molar-refractivity contribution in [2.45, 2.75) is 56.7 Å². The molecule has 2 saturated heterocycles. The number of piperazine rings is 1. The van der Waals surface area contributed by atoms with Gasteiger partial charge in [0.25, 0.3) is 0 Å². The number of carbonyl (C=O) groups is 1. The maximum absolute atomic E-state index is 13.2. The van der Waals surface area contributed by atoms with Crippen molar-refractivity contribution in [3.8, 4) is 5.75 Å². The average molecular weight is 427 g/mol. The highest BCUT2D eigenvalue weighted by molar-refractivity contribution is 7.91. The molecule has 8 heteroatoms. The molecular weight excluding hydrogens is 400 g/mol. The Morgan fingerprint density at radius 3 is 2.39 bits per heavy atom. The summed E-state index contributed by atoms with van der Waals surface area (Å²) >= 11 is 6.27. The van der Waals surface area contributed by atoms with E-state index in [1.165, 1.54) is 20.0 Å². The molecule has 2 aliphatic heterocycles. The van der Waals surface area contributed by atoms with Crippen molar-refractivity contribution < 1.29 is 17.9 Å². The van der Waals surface area contributed by atoms with E-state index in [9.17, 15) is 13.2 Å². The van der Waals surface area contributed by atoms with Gasteiger partial charge in [-0.2, -0.15) is 0 Å². The van der Waals surface area contributed by atoms with E-state index in [0.717, 1.165) is 25.7 Å². The second kappa shape index (κ2) is 7.84. The fourth-order valence-electron chi connectivity index (χ4n) is 5.04. The molecule has 2 heterocycles. The van der Waals surface area contributed by atoms with Gasteiger partial charge in [-0.25, -0.2) is 8.42 Å². The quantitative estimate of drug-likeness (QED) is 0.695. The van der Waals surface area contributed by atoms with Crippen molar-refractivity contribution in [1.29, 1.82) is 0 Å². The Morgan fingerprint density at radius 2 is 1.75 bits per heavy atom. The van der Waals surface area contributed by atoms with Crippen molar-refractivity contribution in [3.63, 3.8) is 0 Å². The Balaban J connectivity index is 1.67. The Kier molecular flexibility index (Phi) is 5.60. The second-order valence-electron chi connectivity index (χ2n) is 8.11.